The van der Waals surface area contributed by atoms with Gasteiger partial charge in [-0.05, 0) is 18.2 Å². The van der Waals surface area contributed by atoms with Gasteiger partial charge >= 0.3 is 5.69 Å². The Hall–Kier alpha value is -2.63. The maximum absolute atomic E-state index is 12.1. The number of para-hydroxylation sites is 1. The summed E-state index contributed by atoms with van der Waals surface area (Å²) in [5.74, 6) is 0.967. The lowest BCUT2D eigenvalue weighted by Gasteiger charge is -2.08. The molecule has 0 aliphatic rings. The molecule has 2 aromatic carbocycles. The van der Waals surface area contributed by atoms with Gasteiger partial charge in [-0.3, -0.25) is 10.1 Å². The molecule has 0 bridgehead atoms. The molecule has 0 unspecified atom stereocenters. The third-order valence-corrected chi connectivity index (χ3v) is 2.44. The third kappa shape index (κ3) is 3.44. The van der Waals surface area contributed by atoms with Crippen molar-refractivity contribution in [2.24, 2.45) is 0 Å². The largest absolute Gasteiger partial charge is 0.484 e. The SMILES string of the molecule is O=[N+]([O-])c1ccc(Oc2ccccc2)cc1OCCF. The first-order valence-corrected chi connectivity index (χ1v) is 5.91. The van der Waals surface area contributed by atoms with Crippen LogP contribution in [0.25, 0.3) is 0 Å². The Kier molecular flexibility index (Phi) is 4.49. The van der Waals surface area contributed by atoms with E-state index in [1.54, 1.807) is 24.3 Å². The molecule has 0 N–H and O–H groups in total. The molecule has 0 aliphatic heterocycles. The van der Waals surface area contributed by atoms with Crippen LogP contribution in [0.4, 0.5) is 10.1 Å². The first kappa shape index (κ1) is 13.8. The molecule has 0 amide bonds. The summed E-state index contributed by atoms with van der Waals surface area (Å²) >= 11 is 0. The fourth-order valence-electron chi connectivity index (χ4n) is 1.60. The van der Waals surface area contributed by atoms with Gasteiger partial charge < -0.3 is 9.47 Å². The number of alkyl halides is 1. The van der Waals surface area contributed by atoms with Gasteiger partial charge in [0.05, 0.1) is 4.92 Å². The number of nitro groups is 1. The number of benzene rings is 2. The van der Waals surface area contributed by atoms with E-state index >= 15 is 0 Å². The maximum atomic E-state index is 12.1. The molecule has 104 valence electrons. The summed E-state index contributed by atoms with van der Waals surface area (Å²) in [7, 11) is 0. The zero-order valence-electron chi connectivity index (χ0n) is 10.5. The van der Waals surface area contributed by atoms with Crippen LogP contribution >= 0.6 is 0 Å². The number of hydrogen-bond donors (Lipinski definition) is 0. The lowest BCUT2D eigenvalue weighted by atomic mass is 10.2. The van der Waals surface area contributed by atoms with Crippen molar-refractivity contribution >= 4 is 5.69 Å². The second-order valence-electron chi connectivity index (χ2n) is 3.84. The average Bonchev–Trinajstić information content (AvgIpc) is 2.46. The number of rotatable bonds is 6. The first-order chi connectivity index (χ1) is 9.70. The van der Waals surface area contributed by atoms with E-state index in [2.05, 4.69) is 0 Å². The van der Waals surface area contributed by atoms with Crippen LogP contribution in [0.3, 0.4) is 0 Å². The highest BCUT2D eigenvalue weighted by Gasteiger charge is 2.16. The van der Waals surface area contributed by atoms with Gasteiger partial charge in [0.1, 0.15) is 24.8 Å². The van der Waals surface area contributed by atoms with Gasteiger partial charge in [-0.15, -0.1) is 0 Å². The molecule has 0 radical (unpaired) electrons. The van der Waals surface area contributed by atoms with E-state index in [1.807, 2.05) is 6.07 Å². The molecule has 20 heavy (non-hydrogen) atoms. The van der Waals surface area contributed by atoms with Gasteiger partial charge in [-0.1, -0.05) is 18.2 Å². The molecule has 0 fully saturated rings. The van der Waals surface area contributed by atoms with Crippen LogP contribution in [0, 0.1) is 10.1 Å². The number of nitro benzene ring substituents is 1. The van der Waals surface area contributed by atoms with E-state index < -0.39 is 11.6 Å². The highest BCUT2D eigenvalue weighted by atomic mass is 19.1. The van der Waals surface area contributed by atoms with Crippen LogP contribution in [0.15, 0.2) is 48.5 Å². The Morgan fingerprint density at radius 1 is 1.10 bits per heavy atom. The van der Waals surface area contributed by atoms with E-state index in [-0.39, 0.29) is 18.0 Å². The summed E-state index contributed by atoms with van der Waals surface area (Å²) in [5, 5.41) is 10.8. The first-order valence-electron chi connectivity index (χ1n) is 5.91. The topological polar surface area (TPSA) is 61.6 Å². The van der Waals surface area contributed by atoms with E-state index in [4.69, 9.17) is 9.47 Å². The van der Waals surface area contributed by atoms with Gasteiger partial charge in [-0.2, -0.15) is 0 Å². The minimum absolute atomic E-state index is 0.0129. The quantitative estimate of drug-likeness (QED) is 0.596. The van der Waals surface area contributed by atoms with Crippen molar-refractivity contribution in [2.45, 2.75) is 0 Å². The van der Waals surface area contributed by atoms with Gasteiger partial charge in [-0.25, -0.2) is 4.39 Å². The minimum atomic E-state index is -0.721. The fourth-order valence-corrected chi connectivity index (χ4v) is 1.60. The lowest BCUT2D eigenvalue weighted by molar-refractivity contribution is -0.385. The monoisotopic (exact) mass is 277 g/mol. The zero-order chi connectivity index (χ0) is 14.4. The molecule has 5 nitrogen and oxygen atoms in total. The molecule has 0 saturated carbocycles. The molecule has 2 rings (SSSR count). The number of hydrogen-bond acceptors (Lipinski definition) is 4. The predicted octanol–water partition coefficient (Wildman–Crippen LogP) is 3.74. The molecule has 0 spiro atoms. The highest BCUT2D eigenvalue weighted by Crippen LogP contribution is 2.33. The van der Waals surface area contributed by atoms with Gasteiger partial charge in [0.25, 0.3) is 0 Å². The molecule has 0 aliphatic carbocycles. The van der Waals surface area contributed by atoms with Crippen molar-refractivity contribution in [3.05, 3.63) is 58.6 Å². The molecular weight excluding hydrogens is 265 g/mol. The molecule has 0 atom stereocenters. The number of halogens is 1. The fraction of sp³-hybridized carbons (Fsp3) is 0.143. The second kappa shape index (κ2) is 6.51. The van der Waals surface area contributed by atoms with Crippen LogP contribution in [0.2, 0.25) is 0 Å². The zero-order valence-corrected chi connectivity index (χ0v) is 10.5. The molecule has 0 aromatic heterocycles. The standard InChI is InChI=1S/C14H12FNO4/c15-8-9-19-14-10-12(6-7-13(14)16(17)18)20-11-4-2-1-3-5-11/h1-7,10H,8-9H2. The predicted molar refractivity (Wildman–Crippen MR) is 71.1 cm³/mol. The van der Waals surface area contributed by atoms with Crippen LogP contribution in [0.5, 0.6) is 17.2 Å². The summed E-state index contributed by atoms with van der Waals surface area (Å²) < 4.78 is 22.7. The Balaban J connectivity index is 2.24. The summed E-state index contributed by atoms with van der Waals surface area (Å²) in [6, 6.07) is 13.1. The van der Waals surface area contributed by atoms with Crippen molar-refractivity contribution in [1.29, 1.82) is 0 Å². The van der Waals surface area contributed by atoms with Gasteiger partial charge in [0.15, 0.2) is 0 Å². The number of ether oxygens (including phenoxy) is 2. The van der Waals surface area contributed by atoms with Crippen molar-refractivity contribution in [1.82, 2.24) is 0 Å². The van der Waals surface area contributed by atoms with Crippen LogP contribution in [0.1, 0.15) is 0 Å². The van der Waals surface area contributed by atoms with Crippen molar-refractivity contribution in [3.63, 3.8) is 0 Å². The lowest BCUT2D eigenvalue weighted by Crippen LogP contribution is -2.02. The molecule has 0 saturated heterocycles. The van der Waals surface area contributed by atoms with E-state index in [9.17, 15) is 14.5 Å². The Labute approximate surface area is 114 Å². The summed E-state index contributed by atoms with van der Waals surface area (Å²) in [6.07, 6.45) is 0. The van der Waals surface area contributed by atoms with Crippen LogP contribution < -0.4 is 9.47 Å². The van der Waals surface area contributed by atoms with Crippen molar-refractivity contribution in [2.75, 3.05) is 13.3 Å². The van der Waals surface area contributed by atoms with Crippen LogP contribution in [-0.4, -0.2) is 18.2 Å². The Morgan fingerprint density at radius 2 is 1.85 bits per heavy atom. The van der Waals surface area contributed by atoms with Gasteiger partial charge in [0.2, 0.25) is 5.75 Å². The van der Waals surface area contributed by atoms with Gasteiger partial charge in [0, 0.05) is 12.1 Å². The highest BCUT2D eigenvalue weighted by molar-refractivity contribution is 5.51. The molecular formula is C14H12FNO4. The van der Waals surface area contributed by atoms with E-state index in [0.717, 1.165) is 0 Å². The second-order valence-corrected chi connectivity index (χ2v) is 3.84. The van der Waals surface area contributed by atoms with Crippen molar-refractivity contribution in [3.8, 4) is 17.2 Å². The Bertz CT molecular complexity index is 589. The smallest absolute Gasteiger partial charge is 0.311 e. The average molecular weight is 277 g/mol. The van der Waals surface area contributed by atoms with Crippen LogP contribution in [-0.2, 0) is 0 Å². The Morgan fingerprint density at radius 3 is 2.50 bits per heavy atom. The molecule has 2 aromatic rings. The third-order valence-electron chi connectivity index (χ3n) is 2.44. The summed E-state index contributed by atoms with van der Waals surface area (Å²) in [6.45, 7) is -0.962. The molecule has 6 heteroatoms. The van der Waals surface area contributed by atoms with E-state index in [0.29, 0.717) is 11.5 Å². The normalized spacial score (nSPS) is 10.1. The number of nitrogens with zero attached hydrogens (tertiary/aromatic N) is 1. The summed E-state index contributed by atoms with van der Waals surface area (Å²) in [5.41, 5.74) is -0.223. The minimum Gasteiger partial charge on any atom is -0.484 e. The van der Waals surface area contributed by atoms with E-state index in [1.165, 1.54) is 18.2 Å². The summed E-state index contributed by atoms with van der Waals surface area (Å²) in [4.78, 5) is 10.3. The molecule has 0 heterocycles. The maximum Gasteiger partial charge on any atom is 0.311 e. The van der Waals surface area contributed by atoms with Crippen molar-refractivity contribution < 1.29 is 18.8 Å².